The summed E-state index contributed by atoms with van der Waals surface area (Å²) < 4.78 is 25.9. The van der Waals surface area contributed by atoms with Gasteiger partial charge in [-0.1, -0.05) is 0 Å². The van der Waals surface area contributed by atoms with Gasteiger partial charge in [0.2, 0.25) is 5.78 Å². The minimum atomic E-state index is -0.819. The summed E-state index contributed by atoms with van der Waals surface area (Å²) in [6.07, 6.45) is 1.10. The third-order valence-electron chi connectivity index (χ3n) is 3.18. The average molecular weight is 327 g/mol. The Labute approximate surface area is 135 Å². The van der Waals surface area contributed by atoms with Gasteiger partial charge in [0.15, 0.2) is 5.84 Å². The Balaban J connectivity index is 1.94. The molecule has 0 aliphatic carbocycles. The summed E-state index contributed by atoms with van der Waals surface area (Å²) in [5, 5.41) is 5.27. The molecule has 3 rings (SSSR count). The lowest BCUT2D eigenvalue weighted by atomic mass is 10.2. The quantitative estimate of drug-likeness (QED) is 0.852. The maximum Gasteiger partial charge on any atom is 0.297 e. The number of hydrogen-bond acceptors (Lipinski definition) is 4. The number of carbonyl (C=O) groups excluding carboxylic acids is 2. The van der Waals surface area contributed by atoms with Gasteiger partial charge in [0.25, 0.3) is 5.91 Å². The van der Waals surface area contributed by atoms with Crippen molar-refractivity contribution >= 4 is 28.9 Å². The fraction of sp³-hybridized carbons (Fsp3) is 0. The predicted octanol–water partition coefficient (Wildman–Crippen LogP) is 2.69. The zero-order valence-electron chi connectivity index (χ0n) is 12.2. The average Bonchev–Trinajstić information content (AvgIpc) is 2.56. The monoisotopic (exact) mass is 327 g/mol. The number of aliphatic imine (C=N–C) groups is 1. The molecule has 1 aliphatic rings. The van der Waals surface area contributed by atoms with Crippen LogP contribution in [0.4, 0.5) is 20.2 Å². The molecule has 120 valence electrons. The summed E-state index contributed by atoms with van der Waals surface area (Å²) in [7, 11) is 0. The van der Waals surface area contributed by atoms with Gasteiger partial charge in [0.1, 0.15) is 11.6 Å². The maximum absolute atomic E-state index is 13.0. The second-order valence-corrected chi connectivity index (χ2v) is 4.95. The molecule has 24 heavy (non-hydrogen) atoms. The number of ketones is 1. The van der Waals surface area contributed by atoms with E-state index in [1.807, 2.05) is 0 Å². The minimum absolute atomic E-state index is 0.107. The first kappa shape index (κ1) is 15.5. The number of amides is 1. The van der Waals surface area contributed by atoms with Crippen molar-refractivity contribution < 1.29 is 18.4 Å². The van der Waals surface area contributed by atoms with Gasteiger partial charge in [-0.25, -0.2) is 13.8 Å². The second-order valence-electron chi connectivity index (χ2n) is 4.95. The Morgan fingerprint density at radius 1 is 0.875 bits per heavy atom. The molecule has 0 aromatic heterocycles. The van der Waals surface area contributed by atoms with Crippen LogP contribution >= 0.6 is 0 Å². The molecule has 0 fully saturated rings. The molecule has 0 bridgehead atoms. The number of nitrogens with one attached hydrogen (secondary N) is 2. The van der Waals surface area contributed by atoms with E-state index in [4.69, 9.17) is 0 Å². The molecular weight excluding hydrogens is 316 g/mol. The van der Waals surface area contributed by atoms with Crippen molar-refractivity contribution in [2.24, 2.45) is 4.99 Å². The summed E-state index contributed by atoms with van der Waals surface area (Å²) in [6, 6.07) is 10.8. The third-order valence-corrected chi connectivity index (χ3v) is 3.18. The molecule has 1 aliphatic heterocycles. The van der Waals surface area contributed by atoms with Gasteiger partial charge in [0, 0.05) is 11.8 Å². The van der Waals surface area contributed by atoms with E-state index in [9.17, 15) is 18.4 Å². The number of amidine groups is 1. The van der Waals surface area contributed by atoms with Crippen molar-refractivity contribution in [3.8, 4) is 0 Å². The van der Waals surface area contributed by atoms with E-state index in [1.165, 1.54) is 48.5 Å². The lowest BCUT2D eigenvalue weighted by molar-refractivity contribution is -0.134. The van der Waals surface area contributed by atoms with Gasteiger partial charge in [-0.3, -0.25) is 9.59 Å². The van der Waals surface area contributed by atoms with E-state index in [0.29, 0.717) is 11.4 Å². The number of nitrogens with zero attached hydrogens (tertiary/aromatic N) is 1. The van der Waals surface area contributed by atoms with Gasteiger partial charge >= 0.3 is 0 Å². The summed E-state index contributed by atoms with van der Waals surface area (Å²) in [4.78, 5) is 27.4. The molecule has 1 amide bonds. The maximum atomic E-state index is 13.0. The zero-order chi connectivity index (χ0) is 17.1. The van der Waals surface area contributed by atoms with Crippen LogP contribution in [0.1, 0.15) is 0 Å². The van der Waals surface area contributed by atoms with Crippen molar-refractivity contribution in [2.45, 2.75) is 0 Å². The van der Waals surface area contributed by atoms with E-state index in [0.717, 1.165) is 6.08 Å². The van der Waals surface area contributed by atoms with Crippen molar-refractivity contribution in [1.82, 2.24) is 5.32 Å². The highest BCUT2D eigenvalue weighted by atomic mass is 19.1. The van der Waals surface area contributed by atoms with E-state index >= 15 is 0 Å². The first-order chi connectivity index (χ1) is 11.5. The third kappa shape index (κ3) is 3.52. The van der Waals surface area contributed by atoms with E-state index in [1.54, 1.807) is 0 Å². The molecule has 5 nitrogen and oxygen atoms in total. The van der Waals surface area contributed by atoms with Crippen molar-refractivity contribution in [3.05, 3.63) is 71.9 Å². The van der Waals surface area contributed by atoms with Gasteiger partial charge in [-0.15, -0.1) is 0 Å². The molecule has 0 saturated carbocycles. The molecule has 2 N–H and O–H groups in total. The molecule has 0 atom stereocenters. The Hall–Kier alpha value is -3.35. The van der Waals surface area contributed by atoms with Crippen LogP contribution in [0, 0.1) is 11.6 Å². The first-order valence-corrected chi connectivity index (χ1v) is 6.95. The van der Waals surface area contributed by atoms with E-state index in [-0.39, 0.29) is 11.5 Å². The molecule has 0 saturated heterocycles. The topological polar surface area (TPSA) is 70.6 Å². The molecule has 2 aromatic carbocycles. The highest BCUT2D eigenvalue weighted by Gasteiger charge is 2.24. The van der Waals surface area contributed by atoms with Gasteiger partial charge < -0.3 is 10.6 Å². The molecule has 2 aromatic rings. The van der Waals surface area contributed by atoms with Crippen LogP contribution in [-0.4, -0.2) is 17.5 Å². The molecule has 7 heteroatoms. The number of halogens is 2. The van der Waals surface area contributed by atoms with Crippen LogP contribution < -0.4 is 10.6 Å². The summed E-state index contributed by atoms with van der Waals surface area (Å²) in [5.41, 5.74) is 1.15. The Morgan fingerprint density at radius 3 is 2.08 bits per heavy atom. The highest BCUT2D eigenvalue weighted by molar-refractivity contribution is 6.47. The summed E-state index contributed by atoms with van der Waals surface area (Å²) in [5.74, 6) is -2.27. The largest absolute Gasteiger partial charge is 0.352 e. The Morgan fingerprint density at radius 2 is 1.46 bits per heavy atom. The zero-order valence-corrected chi connectivity index (χ0v) is 12.2. The van der Waals surface area contributed by atoms with Crippen molar-refractivity contribution in [2.75, 3.05) is 5.32 Å². The highest BCUT2D eigenvalue weighted by Crippen LogP contribution is 2.17. The number of carbonyl (C=O) groups is 2. The lowest BCUT2D eigenvalue weighted by Gasteiger charge is -2.18. The summed E-state index contributed by atoms with van der Waals surface area (Å²) >= 11 is 0. The second kappa shape index (κ2) is 6.41. The van der Waals surface area contributed by atoms with Crippen LogP contribution in [0.2, 0.25) is 0 Å². The van der Waals surface area contributed by atoms with Crippen LogP contribution in [0.25, 0.3) is 0 Å². The SMILES string of the molecule is O=C1C=C(Nc2ccc(F)cc2)C(=Nc2ccc(F)cc2)NC1=O. The lowest BCUT2D eigenvalue weighted by Crippen LogP contribution is -2.42. The van der Waals surface area contributed by atoms with Crippen LogP contribution in [0.3, 0.4) is 0 Å². The van der Waals surface area contributed by atoms with Gasteiger partial charge in [-0.05, 0) is 48.5 Å². The van der Waals surface area contributed by atoms with Gasteiger partial charge in [0.05, 0.1) is 11.4 Å². The minimum Gasteiger partial charge on any atom is -0.352 e. The van der Waals surface area contributed by atoms with E-state index in [2.05, 4.69) is 15.6 Å². The molecule has 0 radical (unpaired) electrons. The Bertz CT molecular complexity index is 856. The normalized spacial score (nSPS) is 15.9. The van der Waals surface area contributed by atoms with Crippen molar-refractivity contribution in [3.63, 3.8) is 0 Å². The van der Waals surface area contributed by atoms with Crippen molar-refractivity contribution in [1.29, 1.82) is 0 Å². The fourth-order valence-corrected chi connectivity index (χ4v) is 2.02. The first-order valence-electron chi connectivity index (χ1n) is 6.95. The molecule has 1 heterocycles. The number of hydrogen-bond donors (Lipinski definition) is 2. The van der Waals surface area contributed by atoms with Gasteiger partial charge in [-0.2, -0.15) is 0 Å². The molecule has 0 spiro atoms. The number of anilines is 1. The molecular formula is C17H11F2N3O2. The Kier molecular flexibility index (Phi) is 4.15. The van der Waals surface area contributed by atoms with Crippen LogP contribution in [0.15, 0.2) is 65.3 Å². The number of rotatable bonds is 3. The standard InChI is InChI=1S/C17H11F2N3O2/c18-10-1-5-12(6-2-10)20-14-9-15(23)17(24)22-16(14)21-13-7-3-11(19)4-8-13/h1-9,20H,(H,21,22,24). The number of benzene rings is 2. The summed E-state index contributed by atoms with van der Waals surface area (Å²) in [6.45, 7) is 0. The predicted molar refractivity (Wildman–Crippen MR) is 84.8 cm³/mol. The van der Waals surface area contributed by atoms with E-state index < -0.39 is 23.3 Å². The van der Waals surface area contributed by atoms with Crippen LogP contribution in [-0.2, 0) is 9.59 Å². The fourth-order valence-electron chi connectivity index (χ4n) is 2.02. The molecule has 0 unspecified atom stereocenters. The smallest absolute Gasteiger partial charge is 0.297 e. The van der Waals surface area contributed by atoms with Crippen LogP contribution in [0.5, 0.6) is 0 Å².